The lowest BCUT2D eigenvalue weighted by Crippen LogP contribution is -2.23. The number of pyridine rings is 1. The lowest BCUT2D eigenvalue weighted by molar-refractivity contribution is 0.163. The zero-order chi connectivity index (χ0) is 13.8. The highest BCUT2D eigenvalue weighted by atomic mass is 16.3. The summed E-state index contributed by atoms with van der Waals surface area (Å²) in [6.45, 7) is 3.37. The molecule has 0 amide bonds. The topological polar surface area (TPSA) is 56.3 Å². The van der Waals surface area contributed by atoms with Crippen LogP contribution in [0.1, 0.15) is 18.9 Å². The summed E-state index contributed by atoms with van der Waals surface area (Å²) >= 11 is 0. The number of benzene rings is 1. The summed E-state index contributed by atoms with van der Waals surface area (Å²) in [5.41, 5.74) is 1.05. The number of aliphatic hydroxyl groups is 1. The maximum atomic E-state index is 11.7. The van der Waals surface area contributed by atoms with Gasteiger partial charge in [0.2, 0.25) is 0 Å². The Labute approximate surface area is 112 Å². The quantitative estimate of drug-likeness (QED) is 0.861. The first-order chi connectivity index (χ1) is 9.08. The van der Waals surface area contributed by atoms with Crippen LogP contribution in [0.3, 0.4) is 0 Å². The van der Waals surface area contributed by atoms with E-state index < -0.39 is 0 Å². The van der Waals surface area contributed by atoms with Crippen molar-refractivity contribution >= 4 is 10.8 Å². The minimum absolute atomic E-state index is 0.0500. The Balaban J connectivity index is 2.21. The normalized spacial score (nSPS) is 13.1. The van der Waals surface area contributed by atoms with Gasteiger partial charge in [0.15, 0.2) is 0 Å². The van der Waals surface area contributed by atoms with Gasteiger partial charge in [-0.05, 0) is 37.4 Å². The molecule has 4 nitrogen and oxygen atoms in total. The van der Waals surface area contributed by atoms with Crippen LogP contribution in [-0.2, 0) is 6.54 Å². The van der Waals surface area contributed by atoms with Gasteiger partial charge < -0.3 is 15.0 Å². The van der Waals surface area contributed by atoms with Gasteiger partial charge in [0, 0.05) is 24.7 Å². The van der Waals surface area contributed by atoms with Gasteiger partial charge in [-0.15, -0.1) is 0 Å². The smallest absolute Gasteiger partial charge is 0.255 e. The third-order valence-corrected chi connectivity index (χ3v) is 3.26. The van der Waals surface area contributed by atoms with Gasteiger partial charge in [0.05, 0.1) is 6.10 Å². The molecule has 1 unspecified atom stereocenters. The zero-order valence-corrected chi connectivity index (χ0v) is 11.4. The van der Waals surface area contributed by atoms with Crippen LogP contribution in [0.2, 0.25) is 0 Å². The van der Waals surface area contributed by atoms with Crippen molar-refractivity contribution < 1.29 is 5.11 Å². The summed E-state index contributed by atoms with van der Waals surface area (Å²) in [7, 11) is 2.02. The highest BCUT2D eigenvalue weighted by Gasteiger charge is 2.07. The van der Waals surface area contributed by atoms with Crippen LogP contribution in [0.25, 0.3) is 10.8 Å². The molecule has 0 fully saturated rings. The first kappa shape index (κ1) is 13.8. The molecule has 4 heteroatoms. The van der Waals surface area contributed by atoms with Crippen molar-refractivity contribution in [2.24, 2.45) is 0 Å². The Kier molecular flexibility index (Phi) is 4.35. The van der Waals surface area contributed by atoms with E-state index in [-0.39, 0.29) is 11.7 Å². The number of hydrogen-bond donors (Lipinski definition) is 2. The first-order valence-corrected chi connectivity index (χ1v) is 6.54. The van der Waals surface area contributed by atoms with E-state index in [1.165, 1.54) is 0 Å². The average Bonchev–Trinajstić information content (AvgIpc) is 2.40. The van der Waals surface area contributed by atoms with Crippen LogP contribution in [0.15, 0.2) is 35.3 Å². The van der Waals surface area contributed by atoms with Gasteiger partial charge in [-0.2, -0.15) is 0 Å². The third kappa shape index (κ3) is 3.43. The summed E-state index contributed by atoms with van der Waals surface area (Å²) in [4.78, 5) is 16.7. The maximum absolute atomic E-state index is 11.7. The second-order valence-corrected chi connectivity index (χ2v) is 5.06. The first-order valence-electron chi connectivity index (χ1n) is 6.54. The molecule has 0 aliphatic heterocycles. The Morgan fingerprint density at radius 3 is 2.68 bits per heavy atom. The van der Waals surface area contributed by atoms with E-state index in [0.717, 1.165) is 35.8 Å². The van der Waals surface area contributed by atoms with Crippen LogP contribution in [0.4, 0.5) is 0 Å². The number of hydrogen-bond acceptors (Lipinski definition) is 3. The van der Waals surface area contributed by atoms with Crippen LogP contribution in [-0.4, -0.2) is 34.7 Å². The Morgan fingerprint density at radius 1 is 1.32 bits per heavy atom. The number of rotatable bonds is 5. The van der Waals surface area contributed by atoms with Crippen molar-refractivity contribution in [3.05, 3.63) is 46.4 Å². The summed E-state index contributed by atoms with van der Waals surface area (Å²) in [6.07, 6.45) is 2.25. The second-order valence-electron chi connectivity index (χ2n) is 5.06. The van der Waals surface area contributed by atoms with E-state index in [9.17, 15) is 9.90 Å². The van der Waals surface area contributed by atoms with E-state index >= 15 is 0 Å². The van der Waals surface area contributed by atoms with Gasteiger partial charge in [0.1, 0.15) is 0 Å². The van der Waals surface area contributed by atoms with Crippen LogP contribution in [0.5, 0.6) is 0 Å². The van der Waals surface area contributed by atoms with Crippen molar-refractivity contribution in [2.75, 3.05) is 13.6 Å². The summed E-state index contributed by atoms with van der Waals surface area (Å²) in [5, 5.41) is 11.0. The van der Waals surface area contributed by atoms with E-state index in [2.05, 4.69) is 9.88 Å². The predicted molar refractivity (Wildman–Crippen MR) is 77.2 cm³/mol. The molecule has 0 spiro atoms. The van der Waals surface area contributed by atoms with Crippen LogP contribution < -0.4 is 5.56 Å². The maximum Gasteiger partial charge on any atom is 0.255 e. The number of aromatic amines is 1. The number of nitrogens with one attached hydrogen (secondary N) is 1. The van der Waals surface area contributed by atoms with Gasteiger partial charge in [-0.3, -0.25) is 4.79 Å². The molecule has 0 radical (unpaired) electrons. The fourth-order valence-corrected chi connectivity index (χ4v) is 2.18. The molecule has 102 valence electrons. The fourth-order valence-electron chi connectivity index (χ4n) is 2.18. The molecular weight excluding hydrogens is 240 g/mol. The highest BCUT2D eigenvalue weighted by Crippen LogP contribution is 2.15. The third-order valence-electron chi connectivity index (χ3n) is 3.26. The van der Waals surface area contributed by atoms with Crippen molar-refractivity contribution in [1.82, 2.24) is 9.88 Å². The van der Waals surface area contributed by atoms with Crippen molar-refractivity contribution in [3.63, 3.8) is 0 Å². The highest BCUT2D eigenvalue weighted by molar-refractivity contribution is 5.84. The number of aromatic nitrogens is 1. The fraction of sp³-hybridized carbons (Fsp3) is 0.400. The molecular formula is C15H20N2O2. The molecule has 2 aromatic rings. The van der Waals surface area contributed by atoms with E-state index in [0.29, 0.717) is 0 Å². The van der Waals surface area contributed by atoms with Gasteiger partial charge in [-0.1, -0.05) is 18.2 Å². The summed E-state index contributed by atoms with van der Waals surface area (Å²) in [6, 6.07) is 7.63. The van der Waals surface area contributed by atoms with Crippen LogP contribution >= 0.6 is 0 Å². The minimum Gasteiger partial charge on any atom is -0.393 e. The average molecular weight is 260 g/mol. The molecule has 1 aromatic carbocycles. The van der Waals surface area contributed by atoms with Crippen molar-refractivity contribution in [3.8, 4) is 0 Å². The molecule has 2 rings (SSSR count). The summed E-state index contributed by atoms with van der Waals surface area (Å²) in [5.74, 6) is 0. The van der Waals surface area contributed by atoms with Crippen molar-refractivity contribution in [1.29, 1.82) is 0 Å². The van der Waals surface area contributed by atoms with Gasteiger partial charge >= 0.3 is 0 Å². The minimum atomic E-state index is -0.283. The molecule has 0 aliphatic rings. The Morgan fingerprint density at radius 2 is 2.00 bits per heavy atom. The molecule has 0 saturated heterocycles. The molecule has 0 bridgehead atoms. The lowest BCUT2D eigenvalue weighted by atomic mass is 10.1. The molecule has 2 N–H and O–H groups in total. The monoisotopic (exact) mass is 260 g/mol. The largest absolute Gasteiger partial charge is 0.393 e. The molecule has 0 aliphatic carbocycles. The van der Waals surface area contributed by atoms with Gasteiger partial charge in [0.25, 0.3) is 5.56 Å². The zero-order valence-electron chi connectivity index (χ0n) is 11.4. The molecule has 0 saturated carbocycles. The number of nitrogens with zero attached hydrogens (tertiary/aromatic N) is 1. The Bertz CT molecular complexity index is 604. The van der Waals surface area contributed by atoms with Crippen molar-refractivity contribution in [2.45, 2.75) is 26.0 Å². The number of fused-ring (bicyclic) bond motifs is 1. The SMILES string of the molecule is CC(O)CCN(C)Cc1c[nH]c(=O)c2ccccc12. The van der Waals surface area contributed by atoms with E-state index in [4.69, 9.17) is 0 Å². The standard InChI is InChI=1S/C15H20N2O2/c1-11(18)7-8-17(2)10-12-9-16-15(19)14-6-4-3-5-13(12)14/h3-6,9,11,18H,7-8,10H2,1-2H3,(H,16,19). The lowest BCUT2D eigenvalue weighted by Gasteiger charge is -2.18. The van der Waals surface area contributed by atoms with E-state index in [1.54, 1.807) is 13.1 Å². The predicted octanol–water partition coefficient (Wildman–Crippen LogP) is 1.73. The van der Waals surface area contributed by atoms with Crippen LogP contribution in [0, 0.1) is 0 Å². The molecule has 1 heterocycles. The number of H-pyrrole nitrogens is 1. The summed E-state index contributed by atoms with van der Waals surface area (Å²) < 4.78 is 0. The molecule has 1 aromatic heterocycles. The molecule has 1 atom stereocenters. The molecule has 19 heavy (non-hydrogen) atoms. The number of aliphatic hydroxyl groups excluding tert-OH is 1. The Hall–Kier alpha value is -1.65. The van der Waals surface area contributed by atoms with E-state index in [1.807, 2.05) is 31.3 Å². The second kappa shape index (κ2) is 5.99. The van der Waals surface area contributed by atoms with Gasteiger partial charge in [-0.25, -0.2) is 0 Å².